The fraction of sp³-hybridized carbons (Fsp3) is 0.692. The maximum atomic E-state index is 11.2. The van der Waals surface area contributed by atoms with Gasteiger partial charge >= 0.3 is 5.97 Å². The summed E-state index contributed by atoms with van der Waals surface area (Å²) in [7, 11) is 1.79. The van der Waals surface area contributed by atoms with Gasteiger partial charge in [0.25, 0.3) is 0 Å². The summed E-state index contributed by atoms with van der Waals surface area (Å²) in [6.07, 6.45) is 2.53. The molecule has 0 amide bonds. The zero-order valence-corrected chi connectivity index (χ0v) is 11.5. The van der Waals surface area contributed by atoms with Crippen LogP contribution in [0.5, 0.6) is 0 Å². The van der Waals surface area contributed by atoms with Gasteiger partial charge in [0.1, 0.15) is 5.56 Å². The first kappa shape index (κ1) is 14.0. The second-order valence-electron chi connectivity index (χ2n) is 5.43. The molecule has 106 valence electrons. The summed E-state index contributed by atoms with van der Waals surface area (Å²) in [6, 6.07) is 0. The van der Waals surface area contributed by atoms with Crippen LogP contribution in [-0.4, -0.2) is 45.4 Å². The first-order valence-electron chi connectivity index (χ1n) is 6.69. The molecule has 0 bridgehead atoms. The molecule has 3 N–H and O–H groups in total. The number of aryl methyl sites for hydroxylation is 1. The Morgan fingerprint density at radius 2 is 2.37 bits per heavy atom. The van der Waals surface area contributed by atoms with Crippen molar-refractivity contribution < 1.29 is 9.90 Å². The van der Waals surface area contributed by atoms with Gasteiger partial charge in [0.15, 0.2) is 0 Å². The zero-order chi connectivity index (χ0) is 14.0. The molecule has 19 heavy (non-hydrogen) atoms. The number of nitrogens with two attached hydrogens (primary N) is 1. The summed E-state index contributed by atoms with van der Waals surface area (Å²) in [5.74, 6) is 0.228. The molecule has 6 heteroatoms. The molecule has 1 aromatic rings. The number of aromatic carboxylic acids is 1. The number of carbonyl (C=O) groups is 1. The Morgan fingerprint density at radius 3 is 3.00 bits per heavy atom. The van der Waals surface area contributed by atoms with Gasteiger partial charge in [-0.05, 0) is 31.3 Å². The summed E-state index contributed by atoms with van der Waals surface area (Å²) in [6.45, 7) is 5.47. The van der Waals surface area contributed by atoms with E-state index in [1.807, 2.05) is 0 Å². The largest absolute Gasteiger partial charge is 0.478 e. The lowest BCUT2D eigenvalue weighted by Gasteiger charge is -2.36. The molecule has 1 aliphatic rings. The van der Waals surface area contributed by atoms with E-state index in [0.29, 0.717) is 30.5 Å². The van der Waals surface area contributed by atoms with Crippen LogP contribution in [0, 0.1) is 11.8 Å². The minimum atomic E-state index is -0.913. The lowest BCUT2D eigenvalue weighted by atomic mass is 9.87. The van der Waals surface area contributed by atoms with E-state index in [1.54, 1.807) is 11.7 Å². The smallest absolute Gasteiger partial charge is 0.339 e. The highest BCUT2D eigenvalue weighted by Crippen LogP contribution is 2.24. The van der Waals surface area contributed by atoms with Crippen molar-refractivity contribution in [2.45, 2.75) is 19.9 Å². The molecule has 1 aromatic heterocycles. The normalized spacial score (nSPS) is 24.6. The van der Waals surface area contributed by atoms with Crippen LogP contribution in [0.2, 0.25) is 0 Å². The fourth-order valence-corrected chi connectivity index (χ4v) is 2.72. The molecule has 2 heterocycles. The summed E-state index contributed by atoms with van der Waals surface area (Å²) >= 11 is 0. The number of carboxylic acids is 1. The van der Waals surface area contributed by atoms with Crippen molar-refractivity contribution in [1.29, 1.82) is 0 Å². The number of hydrogen-bond acceptors (Lipinski definition) is 4. The molecule has 2 atom stereocenters. The summed E-state index contributed by atoms with van der Waals surface area (Å²) in [5, 5.41) is 13.2. The predicted octanol–water partition coefficient (Wildman–Crippen LogP) is 0.535. The number of rotatable bonds is 4. The minimum absolute atomic E-state index is 0.297. The van der Waals surface area contributed by atoms with E-state index in [-0.39, 0.29) is 0 Å². The van der Waals surface area contributed by atoms with E-state index in [0.717, 1.165) is 25.2 Å². The molecule has 1 fully saturated rings. The lowest BCUT2D eigenvalue weighted by Crippen LogP contribution is -2.42. The standard InChI is InChI=1S/C13H22N4O2/c1-9-3-4-17(7-10(9)5-14)8-12-11(13(18)19)6-15-16(12)2/h6,9-10H,3-5,7-8,14H2,1-2H3,(H,18,19). The molecule has 1 saturated heterocycles. The molecule has 0 radical (unpaired) electrons. The number of carboxylic acid groups (broad SMARTS) is 1. The molecule has 1 aliphatic heterocycles. The van der Waals surface area contributed by atoms with Gasteiger partial charge in [-0.3, -0.25) is 9.58 Å². The van der Waals surface area contributed by atoms with Crippen LogP contribution in [-0.2, 0) is 13.6 Å². The average molecular weight is 266 g/mol. The zero-order valence-electron chi connectivity index (χ0n) is 11.5. The van der Waals surface area contributed by atoms with Gasteiger partial charge in [-0.1, -0.05) is 6.92 Å². The Balaban J connectivity index is 2.09. The van der Waals surface area contributed by atoms with Gasteiger partial charge < -0.3 is 10.8 Å². The molecule has 2 rings (SSSR count). The number of aromatic nitrogens is 2. The van der Waals surface area contributed by atoms with Crippen molar-refractivity contribution in [2.24, 2.45) is 24.6 Å². The van der Waals surface area contributed by atoms with Crippen LogP contribution in [0.3, 0.4) is 0 Å². The minimum Gasteiger partial charge on any atom is -0.478 e. The molecule has 0 spiro atoms. The van der Waals surface area contributed by atoms with Crippen LogP contribution in [0.1, 0.15) is 29.4 Å². The van der Waals surface area contributed by atoms with Crippen LogP contribution >= 0.6 is 0 Å². The second kappa shape index (κ2) is 5.71. The van der Waals surface area contributed by atoms with Gasteiger partial charge in [-0.2, -0.15) is 5.10 Å². The van der Waals surface area contributed by atoms with Crippen molar-refractivity contribution in [3.8, 4) is 0 Å². The molecule has 0 aromatic carbocycles. The maximum absolute atomic E-state index is 11.2. The third-order valence-electron chi connectivity index (χ3n) is 4.17. The maximum Gasteiger partial charge on any atom is 0.339 e. The molecule has 0 saturated carbocycles. The Hall–Kier alpha value is -1.40. The third-order valence-corrected chi connectivity index (χ3v) is 4.17. The lowest BCUT2D eigenvalue weighted by molar-refractivity contribution is 0.0691. The quantitative estimate of drug-likeness (QED) is 0.830. The number of piperidine rings is 1. The van der Waals surface area contributed by atoms with Gasteiger partial charge in [0.05, 0.1) is 11.9 Å². The Bertz CT molecular complexity index is 457. The molecule has 0 aliphatic carbocycles. The Labute approximate surface area is 113 Å². The van der Waals surface area contributed by atoms with Crippen molar-refractivity contribution in [2.75, 3.05) is 19.6 Å². The molecule has 2 unspecified atom stereocenters. The van der Waals surface area contributed by atoms with Gasteiger partial charge in [-0.25, -0.2) is 4.79 Å². The van der Waals surface area contributed by atoms with E-state index in [1.165, 1.54) is 6.20 Å². The summed E-state index contributed by atoms with van der Waals surface area (Å²) < 4.78 is 1.65. The Kier molecular flexibility index (Phi) is 4.21. The monoisotopic (exact) mass is 266 g/mol. The van der Waals surface area contributed by atoms with Crippen molar-refractivity contribution in [1.82, 2.24) is 14.7 Å². The van der Waals surface area contributed by atoms with Gasteiger partial charge in [0, 0.05) is 20.1 Å². The third kappa shape index (κ3) is 2.96. The van der Waals surface area contributed by atoms with Crippen molar-refractivity contribution >= 4 is 5.97 Å². The molecular formula is C13H22N4O2. The fourth-order valence-electron chi connectivity index (χ4n) is 2.72. The highest BCUT2D eigenvalue weighted by molar-refractivity contribution is 5.88. The van der Waals surface area contributed by atoms with E-state index in [2.05, 4.69) is 16.9 Å². The number of nitrogens with zero attached hydrogens (tertiary/aromatic N) is 3. The highest BCUT2D eigenvalue weighted by atomic mass is 16.4. The van der Waals surface area contributed by atoms with E-state index < -0.39 is 5.97 Å². The first-order chi connectivity index (χ1) is 9.02. The predicted molar refractivity (Wildman–Crippen MR) is 71.8 cm³/mol. The van der Waals surface area contributed by atoms with Gasteiger partial charge in [0.2, 0.25) is 0 Å². The number of hydrogen-bond donors (Lipinski definition) is 2. The van der Waals surface area contributed by atoms with E-state index in [4.69, 9.17) is 10.8 Å². The summed E-state index contributed by atoms with van der Waals surface area (Å²) in [4.78, 5) is 13.4. The first-order valence-corrected chi connectivity index (χ1v) is 6.69. The van der Waals surface area contributed by atoms with Crippen molar-refractivity contribution in [3.05, 3.63) is 17.5 Å². The molecule has 6 nitrogen and oxygen atoms in total. The Morgan fingerprint density at radius 1 is 1.63 bits per heavy atom. The topological polar surface area (TPSA) is 84.4 Å². The molecular weight excluding hydrogens is 244 g/mol. The van der Waals surface area contributed by atoms with E-state index in [9.17, 15) is 4.79 Å². The van der Waals surface area contributed by atoms with Crippen LogP contribution in [0.25, 0.3) is 0 Å². The van der Waals surface area contributed by atoms with Crippen molar-refractivity contribution in [3.63, 3.8) is 0 Å². The highest BCUT2D eigenvalue weighted by Gasteiger charge is 2.26. The average Bonchev–Trinajstić information content (AvgIpc) is 2.73. The number of likely N-dealkylation sites (tertiary alicyclic amines) is 1. The SMILES string of the molecule is CC1CCN(Cc2c(C(=O)O)cnn2C)CC1CN. The van der Waals surface area contributed by atoms with Crippen LogP contribution in [0.15, 0.2) is 6.20 Å². The summed E-state index contributed by atoms with van der Waals surface area (Å²) in [5.41, 5.74) is 6.86. The van der Waals surface area contributed by atoms with E-state index >= 15 is 0 Å². The van der Waals surface area contributed by atoms with Crippen LogP contribution in [0.4, 0.5) is 0 Å². The van der Waals surface area contributed by atoms with Crippen LogP contribution < -0.4 is 5.73 Å². The van der Waals surface area contributed by atoms with Gasteiger partial charge in [-0.15, -0.1) is 0 Å². The second-order valence-corrected chi connectivity index (χ2v) is 5.43.